The van der Waals surface area contributed by atoms with Gasteiger partial charge in [0, 0.05) is 12.5 Å². The molecule has 4 N–H and O–H groups in total. The van der Waals surface area contributed by atoms with E-state index in [1.165, 1.54) is 6.92 Å². The second kappa shape index (κ2) is 5.16. The van der Waals surface area contributed by atoms with Crippen molar-refractivity contribution in [2.75, 3.05) is 0 Å². The van der Waals surface area contributed by atoms with Gasteiger partial charge in [-0.3, -0.25) is 4.79 Å². The molecule has 0 aliphatic rings. The molecule has 0 unspecified atom stereocenters. The Hall–Kier alpha value is -1.55. The van der Waals surface area contributed by atoms with Crippen molar-refractivity contribution in [1.29, 1.82) is 0 Å². The summed E-state index contributed by atoms with van der Waals surface area (Å²) in [5.74, 6) is -0.197. The fraction of sp³-hybridized carbons (Fsp3) is 0.222. The van der Waals surface area contributed by atoms with Crippen molar-refractivity contribution in [2.45, 2.75) is 13.5 Å². The van der Waals surface area contributed by atoms with Gasteiger partial charge in [-0.05, 0) is 6.07 Å². The van der Waals surface area contributed by atoms with Crippen LogP contribution in [0.4, 0.5) is 0 Å². The molecule has 72 valence electrons. The van der Waals surface area contributed by atoms with E-state index < -0.39 is 0 Å². The van der Waals surface area contributed by atoms with Gasteiger partial charge in [0.15, 0.2) is 0 Å². The zero-order valence-electron chi connectivity index (χ0n) is 7.49. The van der Waals surface area contributed by atoms with E-state index in [9.17, 15) is 9.90 Å². The Morgan fingerprint density at radius 2 is 2.08 bits per heavy atom. The Labute approximate surface area is 76.7 Å². The maximum atomic E-state index is 10.4. The summed E-state index contributed by atoms with van der Waals surface area (Å²) in [6.07, 6.45) is 0. The summed E-state index contributed by atoms with van der Waals surface area (Å²) >= 11 is 0. The molecule has 0 atom stereocenters. The smallest absolute Gasteiger partial charge is 0.302 e. The van der Waals surface area contributed by atoms with Gasteiger partial charge in [0.1, 0.15) is 12.4 Å². The van der Waals surface area contributed by atoms with Crippen molar-refractivity contribution >= 4 is 5.97 Å². The van der Waals surface area contributed by atoms with Crippen molar-refractivity contribution in [3.8, 4) is 5.75 Å². The number of hydrogen-bond donors (Lipinski definition) is 2. The van der Waals surface area contributed by atoms with Crippen molar-refractivity contribution in [2.24, 2.45) is 0 Å². The van der Waals surface area contributed by atoms with Crippen LogP contribution in [0.3, 0.4) is 0 Å². The quantitative estimate of drug-likeness (QED) is 0.682. The van der Waals surface area contributed by atoms with Crippen molar-refractivity contribution in [3.63, 3.8) is 0 Å². The molecular weight excluding hydrogens is 170 g/mol. The minimum Gasteiger partial charge on any atom is -0.508 e. The van der Waals surface area contributed by atoms with Crippen LogP contribution in [0.2, 0.25) is 0 Å². The van der Waals surface area contributed by atoms with Gasteiger partial charge in [-0.15, -0.1) is 0 Å². The first kappa shape index (κ1) is 11.4. The Morgan fingerprint density at radius 1 is 1.46 bits per heavy atom. The van der Waals surface area contributed by atoms with Crippen LogP contribution in [0, 0.1) is 0 Å². The largest absolute Gasteiger partial charge is 0.508 e. The van der Waals surface area contributed by atoms with Gasteiger partial charge in [-0.25, -0.2) is 0 Å². The summed E-state index contributed by atoms with van der Waals surface area (Å²) in [6, 6.07) is 6.75. The number of esters is 1. The number of benzene rings is 1. The van der Waals surface area contributed by atoms with E-state index in [0.717, 1.165) is 0 Å². The van der Waals surface area contributed by atoms with Gasteiger partial charge in [0.05, 0.1) is 0 Å². The molecule has 0 amide bonds. The molecule has 1 rings (SSSR count). The Balaban J connectivity index is 0.00000144. The molecule has 0 saturated carbocycles. The van der Waals surface area contributed by atoms with Gasteiger partial charge in [0.25, 0.3) is 0 Å². The lowest BCUT2D eigenvalue weighted by Crippen LogP contribution is -1.98. The highest BCUT2D eigenvalue weighted by Crippen LogP contribution is 2.16. The van der Waals surface area contributed by atoms with E-state index in [4.69, 9.17) is 4.74 Å². The summed E-state index contributed by atoms with van der Waals surface area (Å²) < 4.78 is 4.71. The SMILES string of the molecule is CC(=O)OCc1ccccc1O.N. The Morgan fingerprint density at radius 3 is 2.62 bits per heavy atom. The van der Waals surface area contributed by atoms with Gasteiger partial charge in [-0.2, -0.15) is 0 Å². The molecule has 0 heterocycles. The van der Waals surface area contributed by atoms with Crippen LogP contribution in [-0.4, -0.2) is 11.1 Å². The lowest BCUT2D eigenvalue weighted by atomic mass is 10.2. The fourth-order valence-electron chi connectivity index (χ4n) is 0.812. The summed E-state index contributed by atoms with van der Waals surface area (Å²) in [5.41, 5.74) is 0.618. The average Bonchev–Trinajstić information content (AvgIpc) is 2.03. The van der Waals surface area contributed by atoms with Crippen LogP contribution >= 0.6 is 0 Å². The molecule has 13 heavy (non-hydrogen) atoms. The molecule has 0 bridgehead atoms. The number of hydrogen-bond acceptors (Lipinski definition) is 4. The standard InChI is InChI=1S/C9H10O3.H3N/c1-7(10)12-6-8-4-2-3-5-9(8)11;/h2-5,11H,6H2,1H3;1H3. The summed E-state index contributed by atoms with van der Waals surface area (Å²) in [4.78, 5) is 10.4. The van der Waals surface area contributed by atoms with E-state index in [1.54, 1.807) is 24.3 Å². The Kier molecular flexibility index (Phi) is 4.54. The van der Waals surface area contributed by atoms with Gasteiger partial charge in [0.2, 0.25) is 0 Å². The third-order valence-electron chi connectivity index (χ3n) is 1.42. The van der Waals surface area contributed by atoms with Gasteiger partial charge < -0.3 is 16.0 Å². The highest BCUT2D eigenvalue weighted by Gasteiger charge is 2.00. The minimum atomic E-state index is -0.349. The number of carbonyl (C=O) groups is 1. The highest BCUT2D eigenvalue weighted by molar-refractivity contribution is 5.66. The first-order valence-corrected chi connectivity index (χ1v) is 3.60. The molecule has 1 aromatic rings. The number of ether oxygens (including phenoxy) is 1. The number of para-hydroxylation sites is 1. The van der Waals surface area contributed by atoms with Crippen molar-refractivity contribution in [3.05, 3.63) is 29.8 Å². The monoisotopic (exact) mass is 183 g/mol. The first-order chi connectivity index (χ1) is 5.70. The second-order valence-corrected chi connectivity index (χ2v) is 2.41. The number of phenols is 1. The molecular formula is C9H13NO3. The van der Waals surface area contributed by atoms with E-state index in [1.807, 2.05) is 0 Å². The maximum absolute atomic E-state index is 10.4. The molecule has 4 heteroatoms. The van der Waals surface area contributed by atoms with E-state index in [2.05, 4.69) is 0 Å². The molecule has 1 aromatic carbocycles. The van der Waals surface area contributed by atoms with Crippen LogP contribution in [-0.2, 0) is 16.1 Å². The van der Waals surface area contributed by atoms with E-state index in [-0.39, 0.29) is 24.5 Å². The third kappa shape index (κ3) is 3.57. The normalized spacial score (nSPS) is 8.69. The number of aromatic hydroxyl groups is 1. The molecule has 0 spiro atoms. The number of carbonyl (C=O) groups excluding carboxylic acids is 1. The maximum Gasteiger partial charge on any atom is 0.302 e. The van der Waals surface area contributed by atoms with Crippen LogP contribution in [0.15, 0.2) is 24.3 Å². The minimum absolute atomic E-state index is 0. The second-order valence-electron chi connectivity index (χ2n) is 2.41. The van der Waals surface area contributed by atoms with Gasteiger partial charge in [-0.1, -0.05) is 18.2 Å². The topological polar surface area (TPSA) is 81.5 Å². The van der Waals surface area contributed by atoms with Crippen molar-refractivity contribution < 1.29 is 14.6 Å². The zero-order valence-corrected chi connectivity index (χ0v) is 7.49. The van der Waals surface area contributed by atoms with Crippen molar-refractivity contribution in [1.82, 2.24) is 6.15 Å². The molecule has 0 aromatic heterocycles. The zero-order chi connectivity index (χ0) is 8.97. The first-order valence-electron chi connectivity index (χ1n) is 3.60. The predicted octanol–water partition coefficient (Wildman–Crippen LogP) is 1.62. The lowest BCUT2D eigenvalue weighted by Gasteiger charge is -2.03. The van der Waals surface area contributed by atoms with E-state index >= 15 is 0 Å². The molecule has 0 fully saturated rings. The lowest BCUT2D eigenvalue weighted by molar-refractivity contribution is -0.142. The molecule has 0 aliphatic heterocycles. The van der Waals surface area contributed by atoms with Crippen LogP contribution in [0.25, 0.3) is 0 Å². The molecule has 0 aliphatic carbocycles. The summed E-state index contributed by atoms with van der Waals surface area (Å²) in [6.45, 7) is 1.46. The average molecular weight is 183 g/mol. The van der Waals surface area contributed by atoms with Gasteiger partial charge >= 0.3 is 5.97 Å². The van der Waals surface area contributed by atoms with Crippen LogP contribution < -0.4 is 6.15 Å². The van der Waals surface area contributed by atoms with Crippen LogP contribution in [0.5, 0.6) is 5.75 Å². The summed E-state index contributed by atoms with van der Waals surface area (Å²) in [7, 11) is 0. The molecule has 0 saturated heterocycles. The molecule has 0 radical (unpaired) electrons. The fourth-order valence-corrected chi connectivity index (χ4v) is 0.812. The highest BCUT2D eigenvalue weighted by atomic mass is 16.5. The third-order valence-corrected chi connectivity index (χ3v) is 1.42. The number of phenolic OH excluding ortho intramolecular Hbond substituents is 1. The van der Waals surface area contributed by atoms with E-state index in [0.29, 0.717) is 5.56 Å². The number of rotatable bonds is 2. The predicted molar refractivity (Wildman–Crippen MR) is 48.6 cm³/mol. The Bertz CT molecular complexity index is 286. The summed E-state index contributed by atoms with van der Waals surface area (Å²) in [5, 5.41) is 9.23. The van der Waals surface area contributed by atoms with Crippen LogP contribution in [0.1, 0.15) is 12.5 Å². The molecule has 4 nitrogen and oxygen atoms in total.